The third-order valence-electron chi connectivity index (χ3n) is 6.43. The van der Waals surface area contributed by atoms with Crippen molar-refractivity contribution in [1.29, 1.82) is 0 Å². The van der Waals surface area contributed by atoms with Gasteiger partial charge in [0.2, 0.25) is 5.88 Å². The number of halogens is 2. The molecule has 2 saturated heterocycles. The number of aromatic nitrogens is 1. The number of rotatable bonds is 10. The SMILES string of the molecule is CCCN1CC2(C1)CN(C(=O)c1cccc(CNC(=O)C(CC)Oc3ncc(Cl)cc3Cl)c1)C2.COC=O. The summed E-state index contributed by atoms with van der Waals surface area (Å²) in [6, 6.07) is 8.93. The molecule has 2 aliphatic heterocycles. The number of carbonyl (C=O) groups excluding carboxylic acids is 3. The van der Waals surface area contributed by atoms with Gasteiger partial charge in [-0.1, -0.05) is 49.2 Å². The van der Waals surface area contributed by atoms with Crippen LogP contribution >= 0.6 is 23.2 Å². The van der Waals surface area contributed by atoms with E-state index in [4.69, 9.17) is 32.7 Å². The van der Waals surface area contributed by atoms with Crippen molar-refractivity contribution in [2.75, 3.05) is 39.8 Å². The fourth-order valence-corrected chi connectivity index (χ4v) is 5.15. The Bertz CT molecular complexity index is 1120. The lowest BCUT2D eigenvalue weighted by atomic mass is 9.72. The molecule has 0 saturated carbocycles. The number of hydrogen-bond donors (Lipinski definition) is 1. The largest absolute Gasteiger partial charge is 0.471 e. The Balaban J connectivity index is 0.000000934. The minimum absolute atomic E-state index is 0.0472. The maximum absolute atomic E-state index is 12.9. The Kier molecular flexibility index (Phi) is 10.8. The number of pyridine rings is 1. The van der Waals surface area contributed by atoms with Crippen LogP contribution in [0.2, 0.25) is 10.0 Å². The van der Waals surface area contributed by atoms with Crippen molar-refractivity contribution in [3.63, 3.8) is 0 Å². The zero-order valence-corrected chi connectivity index (χ0v) is 23.4. The molecular weight excluding hydrogens is 531 g/mol. The Hall–Kier alpha value is -2.88. The summed E-state index contributed by atoms with van der Waals surface area (Å²) in [5.74, 6) is -0.0680. The van der Waals surface area contributed by atoms with Crippen LogP contribution in [0, 0.1) is 5.41 Å². The topological polar surface area (TPSA) is 101 Å². The molecule has 2 fully saturated rings. The van der Waals surface area contributed by atoms with Gasteiger partial charge < -0.3 is 24.6 Å². The first-order chi connectivity index (χ1) is 18.2. The van der Waals surface area contributed by atoms with Crippen molar-refractivity contribution in [3.05, 3.63) is 57.7 Å². The predicted octanol–water partition coefficient (Wildman–Crippen LogP) is 3.82. The maximum Gasteiger partial charge on any atom is 0.292 e. The first-order valence-corrected chi connectivity index (χ1v) is 13.3. The highest BCUT2D eigenvalue weighted by atomic mass is 35.5. The number of hydrogen-bond acceptors (Lipinski definition) is 7. The maximum atomic E-state index is 12.9. The second-order valence-electron chi connectivity index (χ2n) is 9.58. The summed E-state index contributed by atoms with van der Waals surface area (Å²) in [5.41, 5.74) is 1.80. The second-order valence-corrected chi connectivity index (χ2v) is 10.4. The Labute approximate surface area is 233 Å². The van der Waals surface area contributed by atoms with Crippen LogP contribution in [0.5, 0.6) is 5.88 Å². The third-order valence-corrected chi connectivity index (χ3v) is 6.90. The number of likely N-dealkylation sites (tertiary alicyclic amines) is 2. The summed E-state index contributed by atoms with van der Waals surface area (Å²) >= 11 is 12.0. The van der Waals surface area contributed by atoms with Crippen LogP contribution in [-0.4, -0.2) is 79.0 Å². The molecule has 1 spiro atoms. The molecule has 0 aliphatic carbocycles. The lowest BCUT2D eigenvalue weighted by molar-refractivity contribution is -0.128. The summed E-state index contributed by atoms with van der Waals surface area (Å²) in [6.07, 6.45) is 2.28. The molecule has 3 heterocycles. The normalized spacial score (nSPS) is 16.3. The number of ether oxygens (including phenoxy) is 2. The van der Waals surface area contributed by atoms with Gasteiger partial charge in [0.25, 0.3) is 18.3 Å². The lowest BCUT2D eigenvalue weighted by Gasteiger charge is -2.60. The van der Waals surface area contributed by atoms with E-state index in [0.29, 0.717) is 28.9 Å². The summed E-state index contributed by atoms with van der Waals surface area (Å²) < 4.78 is 9.56. The van der Waals surface area contributed by atoms with E-state index < -0.39 is 6.10 Å². The Morgan fingerprint density at radius 2 is 1.89 bits per heavy atom. The van der Waals surface area contributed by atoms with Gasteiger partial charge in [-0.25, -0.2) is 4.98 Å². The van der Waals surface area contributed by atoms with Crippen molar-refractivity contribution >= 4 is 41.5 Å². The van der Waals surface area contributed by atoms with Gasteiger partial charge in [-0.05, 0) is 43.1 Å². The highest BCUT2D eigenvalue weighted by Gasteiger charge is 2.52. The molecule has 2 amide bonds. The molecule has 1 N–H and O–H groups in total. The van der Waals surface area contributed by atoms with Crippen LogP contribution in [0.4, 0.5) is 0 Å². The number of carbonyl (C=O) groups is 3. The molecule has 1 unspecified atom stereocenters. The number of nitrogens with zero attached hydrogens (tertiary/aromatic N) is 3. The number of benzene rings is 1. The number of methoxy groups -OCH3 is 1. The van der Waals surface area contributed by atoms with Crippen LogP contribution in [0.25, 0.3) is 0 Å². The van der Waals surface area contributed by atoms with Gasteiger partial charge in [0.15, 0.2) is 6.10 Å². The zero-order chi connectivity index (χ0) is 27.7. The van der Waals surface area contributed by atoms with Crippen molar-refractivity contribution < 1.29 is 23.9 Å². The van der Waals surface area contributed by atoms with Gasteiger partial charge in [0.05, 0.1) is 12.1 Å². The molecule has 9 nitrogen and oxygen atoms in total. The molecular formula is C27H34Cl2N4O5. The molecule has 0 radical (unpaired) electrons. The van der Waals surface area contributed by atoms with E-state index >= 15 is 0 Å². The first kappa shape index (κ1) is 29.7. The minimum Gasteiger partial charge on any atom is -0.471 e. The summed E-state index contributed by atoms with van der Waals surface area (Å²) in [4.78, 5) is 43.0. The standard InChI is InChI=1S/C25H30Cl2N4O3.C2H4O2/c1-3-8-30-13-25(14-30)15-31(16-25)24(33)18-7-5-6-17(9-18)11-28-22(32)21(4-2)34-23-20(27)10-19(26)12-29-23;1-4-2-3/h5-7,9-10,12,21H,3-4,8,11,13-16H2,1-2H3,(H,28,32);2H,1H3. The molecule has 0 bridgehead atoms. The smallest absolute Gasteiger partial charge is 0.292 e. The van der Waals surface area contributed by atoms with Gasteiger partial charge in [-0.3, -0.25) is 14.4 Å². The van der Waals surface area contributed by atoms with E-state index in [1.54, 1.807) is 0 Å². The summed E-state index contributed by atoms with van der Waals surface area (Å²) in [7, 11) is 1.31. The van der Waals surface area contributed by atoms with Crippen LogP contribution in [-0.2, 0) is 20.9 Å². The highest BCUT2D eigenvalue weighted by molar-refractivity contribution is 6.35. The monoisotopic (exact) mass is 564 g/mol. The molecule has 206 valence electrons. The molecule has 2 aliphatic rings. The van der Waals surface area contributed by atoms with Crippen LogP contribution in [0.1, 0.15) is 42.6 Å². The molecule has 2 aromatic rings. The zero-order valence-electron chi connectivity index (χ0n) is 21.9. The molecule has 38 heavy (non-hydrogen) atoms. The van der Waals surface area contributed by atoms with Crippen LogP contribution in [0.3, 0.4) is 0 Å². The van der Waals surface area contributed by atoms with E-state index in [9.17, 15) is 9.59 Å². The highest BCUT2D eigenvalue weighted by Crippen LogP contribution is 2.40. The molecule has 4 rings (SSSR count). The van der Waals surface area contributed by atoms with Gasteiger partial charge in [0.1, 0.15) is 5.02 Å². The number of nitrogens with one attached hydrogen (secondary N) is 1. The second kappa shape index (κ2) is 13.8. The lowest BCUT2D eigenvalue weighted by Crippen LogP contribution is -2.72. The minimum atomic E-state index is -0.747. The first-order valence-electron chi connectivity index (χ1n) is 12.6. The Morgan fingerprint density at radius 3 is 2.50 bits per heavy atom. The van der Waals surface area contributed by atoms with Crippen molar-refractivity contribution in [2.45, 2.75) is 39.3 Å². The fourth-order valence-electron chi connectivity index (χ4n) is 4.73. The van der Waals surface area contributed by atoms with Crippen molar-refractivity contribution in [3.8, 4) is 5.88 Å². The summed E-state index contributed by atoms with van der Waals surface area (Å²) in [5, 5.41) is 3.52. The van der Waals surface area contributed by atoms with E-state index in [1.165, 1.54) is 25.8 Å². The Morgan fingerprint density at radius 1 is 1.18 bits per heavy atom. The average molecular weight is 565 g/mol. The van der Waals surface area contributed by atoms with Gasteiger partial charge >= 0.3 is 0 Å². The predicted molar refractivity (Wildman–Crippen MR) is 145 cm³/mol. The van der Waals surface area contributed by atoms with E-state index in [2.05, 4.69) is 26.9 Å². The molecule has 1 atom stereocenters. The molecule has 11 heteroatoms. The van der Waals surface area contributed by atoms with Gasteiger partial charge in [-0.2, -0.15) is 0 Å². The quantitative estimate of drug-likeness (QED) is 0.437. The van der Waals surface area contributed by atoms with Gasteiger partial charge in [0, 0.05) is 49.9 Å². The average Bonchev–Trinajstić information content (AvgIpc) is 2.87. The molecule has 1 aromatic heterocycles. The van der Waals surface area contributed by atoms with Gasteiger partial charge in [-0.15, -0.1) is 0 Å². The van der Waals surface area contributed by atoms with Crippen molar-refractivity contribution in [1.82, 2.24) is 20.1 Å². The number of amides is 2. The van der Waals surface area contributed by atoms with Crippen molar-refractivity contribution in [2.24, 2.45) is 5.41 Å². The van der Waals surface area contributed by atoms with E-state index in [1.807, 2.05) is 36.1 Å². The van der Waals surface area contributed by atoms with E-state index in [0.717, 1.165) is 38.3 Å². The summed E-state index contributed by atoms with van der Waals surface area (Å²) in [6.45, 7) is 9.67. The van der Waals surface area contributed by atoms with Crippen LogP contribution in [0.15, 0.2) is 36.5 Å². The fraction of sp³-hybridized carbons (Fsp3) is 0.481. The van der Waals surface area contributed by atoms with E-state index in [-0.39, 0.29) is 29.3 Å². The molecule has 1 aromatic carbocycles. The van der Waals surface area contributed by atoms with Crippen LogP contribution < -0.4 is 10.1 Å². The third kappa shape index (κ3) is 7.58.